The number of anilines is 1. The fourth-order valence-corrected chi connectivity index (χ4v) is 5.92. The zero-order valence-electron chi connectivity index (χ0n) is 16.0. The topological polar surface area (TPSA) is 107 Å². The Labute approximate surface area is 166 Å². The van der Waals surface area contributed by atoms with Gasteiger partial charge in [-0.25, -0.2) is 25.9 Å². The Morgan fingerprint density at radius 2 is 1.71 bits per heavy atom. The number of amides is 1. The Bertz CT molecular complexity index is 923. The number of nitrogens with zero attached hydrogens (tertiary/aromatic N) is 3. The van der Waals surface area contributed by atoms with E-state index in [4.69, 9.17) is 0 Å². The van der Waals surface area contributed by atoms with Crippen molar-refractivity contribution in [1.82, 2.24) is 14.5 Å². The number of rotatable bonds is 6. The Morgan fingerprint density at radius 1 is 1.11 bits per heavy atom. The van der Waals surface area contributed by atoms with Gasteiger partial charge in [0.05, 0.1) is 16.3 Å². The number of nitrogens with one attached hydrogen (secondary N) is 1. The summed E-state index contributed by atoms with van der Waals surface area (Å²) in [5.74, 6) is -0.729. The predicted molar refractivity (Wildman–Crippen MR) is 106 cm³/mol. The van der Waals surface area contributed by atoms with Crippen LogP contribution in [0.25, 0.3) is 0 Å². The molecule has 0 saturated carbocycles. The van der Waals surface area contributed by atoms with Crippen LogP contribution in [0, 0.1) is 0 Å². The maximum Gasteiger partial charge on any atom is 0.242 e. The Balaban J connectivity index is 1.65. The third-order valence-corrected chi connectivity index (χ3v) is 8.32. The summed E-state index contributed by atoms with van der Waals surface area (Å²) in [7, 11) is -5.33. The van der Waals surface area contributed by atoms with Crippen molar-refractivity contribution in [2.24, 2.45) is 0 Å². The Hall–Kier alpha value is -1.53. The maximum atomic E-state index is 12.6. The number of benzene rings is 1. The van der Waals surface area contributed by atoms with Gasteiger partial charge in [-0.2, -0.15) is 0 Å². The van der Waals surface area contributed by atoms with Crippen molar-refractivity contribution >= 4 is 31.6 Å². The quantitative estimate of drug-likeness (QED) is 0.658. The van der Waals surface area contributed by atoms with Crippen molar-refractivity contribution in [1.29, 1.82) is 0 Å². The van der Waals surface area contributed by atoms with Gasteiger partial charge in [-0.05, 0) is 38.2 Å². The van der Waals surface area contributed by atoms with E-state index in [9.17, 15) is 21.6 Å². The molecular formula is C17H26N4O5S2. The summed E-state index contributed by atoms with van der Waals surface area (Å²) in [6.45, 7) is 5.97. The van der Waals surface area contributed by atoms with Crippen molar-refractivity contribution in [2.45, 2.75) is 24.3 Å². The van der Waals surface area contributed by atoms with E-state index in [-0.39, 0.29) is 35.3 Å². The molecule has 1 unspecified atom stereocenters. The molecule has 1 amide bonds. The van der Waals surface area contributed by atoms with Gasteiger partial charge in [-0.15, -0.1) is 0 Å². The molecule has 2 saturated heterocycles. The first-order chi connectivity index (χ1) is 13.1. The van der Waals surface area contributed by atoms with E-state index in [1.54, 1.807) is 0 Å². The molecule has 1 atom stereocenters. The molecule has 0 aromatic heterocycles. The number of piperazine rings is 1. The molecule has 2 fully saturated rings. The number of sulfonamides is 2. The standard InChI is InChI=1S/C17H26N4O5S2/c1-14(20-10-8-19(2)9-11-20)13-18-28(25,26)16-5-3-15(4-6-16)21-17(22)7-12-27(21,23)24/h3-6,14,18H,7-13H2,1-2H3. The van der Waals surface area contributed by atoms with Gasteiger partial charge in [-0.3, -0.25) is 9.69 Å². The number of hydrogen-bond acceptors (Lipinski definition) is 7. The molecule has 28 heavy (non-hydrogen) atoms. The maximum absolute atomic E-state index is 12.6. The first-order valence-electron chi connectivity index (χ1n) is 9.18. The molecule has 0 radical (unpaired) electrons. The van der Waals surface area contributed by atoms with E-state index in [0.717, 1.165) is 30.5 Å². The number of carbonyl (C=O) groups is 1. The second-order valence-electron chi connectivity index (χ2n) is 7.26. The van der Waals surface area contributed by atoms with Gasteiger partial charge in [0.15, 0.2) is 0 Å². The molecule has 1 aromatic rings. The lowest BCUT2D eigenvalue weighted by atomic mass is 10.2. The minimum atomic E-state index is -3.73. The summed E-state index contributed by atoms with van der Waals surface area (Å²) in [4.78, 5) is 16.3. The average molecular weight is 431 g/mol. The van der Waals surface area contributed by atoms with E-state index < -0.39 is 26.0 Å². The third kappa shape index (κ3) is 4.54. The zero-order chi connectivity index (χ0) is 20.5. The van der Waals surface area contributed by atoms with Gasteiger partial charge in [0.2, 0.25) is 26.0 Å². The lowest BCUT2D eigenvalue weighted by molar-refractivity contribution is -0.116. The van der Waals surface area contributed by atoms with Gasteiger partial charge >= 0.3 is 0 Å². The van der Waals surface area contributed by atoms with Crippen LogP contribution in [-0.2, 0) is 24.8 Å². The van der Waals surface area contributed by atoms with E-state index in [0.29, 0.717) is 0 Å². The summed E-state index contributed by atoms with van der Waals surface area (Å²) in [5.41, 5.74) is 0.159. The van der Waals surface area contributed by atoms with Crippen molar-refractivity contribution in [3.05, 3.63) is 24.3 Å². The van der Waals surface area contributed by atoms with Crippen LogP contribution in [0.5, 0.6) is 0 Å². The van der Waals surface area contributed by atoms with E-state index in [2.05, 4.69) is 21.6 Å². The summed E-state index contributed by atoms with van der Waals surface area (Å²) in [5, 5.41) is 0. The summed E-state index contributed by atoms with van der Waals surface area (Å²) >= 11 is 0. The fourth-order valence-electron chi connectivity index (χ4n) is 3.33. The first kappa shape index (κ1) is 21.2. The zero-order valence-corrected chi connectivity index (χ0v) is 17.7. The molecule has 2 aliphatic rings. The van der Waals surface area contributed by atoms with Gasteiger partial charge in [0, 0.05) is 45.2 Å². The highest BCUT2D eigenvalue weighted by molar-refractivity contribution is 7.94. The largest absolute Gasteiger partial charge is 0.304 e. The molecule has 156 valence electrons. The lowest BCUT2D eigenvalue weighted by Gasteiger charge is -2.36. The molecule has 2 heterocycles. The summed E-state index contributed by atoms with van der Waals surface area (Å²) < 4.78 is 52.4. The van der Waals surface area contributed by atoms with Crippen molar-refractivity contribution in [3.63, 3.8) is 0 Å². The van der Waals surface area contributed by atoms with Gasteiger partial charge in [0.25, 0.3) is 0 Å². The van der Waals surface area contributed by atoms with E-state index in [1.165, 1.54) is 24.3 Å². The van der Waals surface area contributed by atoms with Crippen molar-refractivity contribution in [3.8, 4) is 0 Å². The monoisotopic (exact) mass is 430 g/mol. The molecule has 0 aliphatic carbocycles. The SMILES string of the molecule is CC(CNS(=O)(=O)c1ccc(N2C(=O)CCS2(=O)=O)cc1)N1CCN(C)CC1. The van der Waals surface area contributed by atoms with Crippen LogP contribution in [0.15, 0.2) is 29.2 Å². The van der Waals surface area contributed by atoms with Crippen molar-refractivity contribution < 1.29 is 21.6 Å². The third-order valence-electron chi connectivity index (χ3n) is 5.19. The number of likely N-dealkylation sites (N-methyl/N-ethyl adjacent to an activating group) is 1. The molecule has 3 rings (SSSR count). The predicted octanol–water partition coefficient (Wildman–Crippen LogP) is -0.333. The molecule has 11 heteroatoms. The number of carbonyl (C=O) groups excluding carboxylic acids is 1. The molecule has 0 bridgehead atoms. The first-order valence-corrected chi connectivity index (χ1v) is 12.3. The van der Waals surface area contributed by atoms with Gasteiger partial charge in [-0.1, -0.05) is 0 Å². The summed E-state index contributed by atoms with van der Waals surface area (Å²) in [6, 6.07) is 5.40. The highest BCUT2D eigenvalue weighted by Gasteiger charge is 2.36. The van der Waals surface area contributed by atoms with Gasteiger partial charge in [0.1, 0.15) is 0 Å². The second kappa shape index (κ2) is 8.07. The highest BCUT2D eigenvalue weighted by atomic mass is 32.2. The van der Waals surface area contributed by atoms with Crippen LogP contribution in [0.4, 0.5) is 5.69 Å². The normalized spacial score (nSPS) is 22.5. The van der Waals surface area contributed by atoms with Crippen LogP contribution >= 0.6 is 0 Å². The average Bonchev–Trinajstić information content (AvgIpc) is 2.93. The van der Waals surface area contributed by atoms with Crippen LogP contribution in [0.1, 0.15) is 13.3 Å². The van der Waals surface area contributed by atoms with Crippen LogP contribution < -0.4 is 9.03 Å². The number of hydrogen-bond donors (Lipinski definition) is 1. The molecule has 1 N–H and O–H groups in total. The van der Waals surface area contributed by atoms with E-state index >= 15 is 0 Å². The van der Waals surface area contributed by atoms with Crippen LogP contribution in [0.2, 0.25) is 0 Å². The molecular weight excluding hydrogens is 404 g/mol. The minimum absolute atomic E-state index is 0.0332. The van der Waals surface area contributed by atoms with Crippen LogP contribution in [-0.4, -0.2) is 84.1 Å². The molecule has 0 spiro atoms. The van der Waals surface area contributed by atoms with Gasteiger partial charge < -0.3 is 4.90 Å². The Morgan fingerprint density at radius 3 is 2.25 bits per heavy atom. The molecule has 1 aromatic carbocycles. The molecule has 2 aliphatic heterocycles. The summed E-state index contributed by atoms with van der Waals surface area (Å²) in [6.07, 6.45) is -0.0614. The Kier molecular flexibility index (Phi) is 6.11. The van der Waals surface area contributed by atoms with Crippen LogP contribution in [0.3, 0.4) is 0 Å². The van der Waals surface area contributed by atoms with E-state index in [1.807, 2.05) is 6.92 Å². The molecule has 9 nitrogen and oxygen atoms in total. The highest BCUT2D eigenvalue weighted by Crippen LogP contribution is 2.26. The lowest BCUT2D eigenvalue weighted by Crippen LogP contribution is -2.51. The minimum Gasteiger partial charge on any atom is -0.304 e. The smallest absolute Gasteiger partial charge is 0.242 e. The second-order valence-corrected chi connectivity index (χ2v) is 11.0. The fraction of sp³-hybridized carbons (Fsp3) is 0.588. The van der Waals surface area contributed by atoms with Crippen molar-refractivity contribution in [2.75, 3.05) is 49.8 Å².